The van der Waals surface area contributed by atoms with Gasteiger partial charge in [0, 0.05) is 4.47 Å². The molecule has 0 amide bonds. The molecule has 1 rings (SSSR count). The van der Waals surface area contributed by atoms with Crippen molar-refractivity contribution in [2.45, 2.75) is 64.2 Å². The Hall–Kier alpha value is -0.560. The first-order valence-electron chi connectivity index (χ1n) is 7.69. The maximum absolute atomic E-state index is 3.76. The number of hydrogen-bond donors (Lipinski definition) is 0. The zero-order chi connectivity index (χ0) is 13.8. The lowest BCUT2D eigenvalue weighted by Gasteiger charge is -2.04. The van der Waals surface area contributed by atoms with Gasteiger partial charge in [0.2, 0.25) is 0 Å². The fraction of sp³-hybridized carbons (Fsp3) is 0.556. The SMILES string of the molecule is C=CCCCCCCCCCCc1ccccc1Br. The van der Waals surface area contributed by atoms with Crippen LogP contribution in [0.2, 0.25) is 0 Å². The maximum atomic E-state index is 3.76. The minimum absolute atomic E-state index is 1.19. The average Bonchev–Trinajstić information content (AvgIpc) is 2.43. The van der Waals surface area contributed by atoms with E-state index in [1.165, 1.54) is 74.2 Å². The molecule has 0 saturated heterocycles. The van der Waals surface area contributed by atoms with Crippen LogP contribution in [-0.2, 0) is 6.42 Å². The summed E-state index contributed by atoms with van der Waals surface area (Å²) in [4.78, 5) is 0. The predicted molar refractivity (Wildman–Crippen MR) is 89.6 cm³/mol. The fourth-order valence-electron chi connectivity index (χ4n) is 2.37. The van der Waals surface area contributed by atoms with Crippen LogP contribution >= 0.6 is 15.9 Å². The van der Waals surface area contributed by atoms with E-state index in [1.807, 2.05) is 6.08 Å². The van der Waals surface area contributed by atoms with Gasteiger partial charge in [-0.05, 0) is 37.3 Å². The van der Waals surface area contributed by atoms with Gasteiger partial charge in [0.15, 0.2) is 0 Å². The lowest BCUT2D eigenvalue weighted by Crippen LogP contribution is -1.87. The van der Waals surface area contributed by atoms with Crippen molar-refractivity contribution < 1.29 is 0 Å². The number of hydrogen-bond acceptors (Lipinski definition) is 0. The molecule has 0 aliphatic carbocycles. The summed E-state index contributed by atoms with van der Waals surface area (Å²) in [6, 6.07) is 8.57. The summed E-state index contributed by atoms with van der Waals surface area (Å²) in [5.74, 6) is 0. The third-order valence-electron chi connectivity index (χ3n) is 3.56. The van der Waals surface area contributed by atoms with Crippen LogP contribution in [-0.4, -0.2) is 0 Å². The number of halogens is 1. The van der Waals surface area contributed by atoms with Crippen molar-refractivity contribution in [3.8, 4) is 0 Å². The van der Waals surface area contributed by atoms with Crippen LogP contribution in [0.1, 0.15) is 63.4 Å². The van der Waals surface area contributed by atoms with Gasteiger partial charge in [-0.15, -0.1) is 6.58 Å². The van der Waals surface area contributed by atoms with Crippen LogP contribution in [0.4, 0.5) is 0 Å². The molecule has 0 atom stereocenters. The summed E-state index contributed by atoms with van der Waals surface area (Å²) in [5.41, 5.74) is 1.45. The van der Waals surface area contributed by atoms with Gasteiger partial charge in [-0.25, -0.2) is 0 Å². The lowest BCUT2D eigenvalue weighted by atomic mass is 10.0. The standard InChI is InChI=1S/C18H27Br/c1-2-3-4-5-6-7-8-9-10-11-14-17-15-12-13-16-18(17)19/h2,12-13,15-16H,1,3-11,14H2. The first-order chi connectivity index (χ1) is 9.34. The molecule has 0 bridgehead atoms. The third-order valence-corrected chi connectivity index (χ3v) is 4.34. The molecule has 0 radical (unpaired) electrons. The van der Waals surface area contributed by atoms with Crippen LogP contribution < -0.4 is 0 Å². The van der Waals surface area contributed by atoms with E-state index < -0.39 is 0 Å². The van der Waals surface area contributed by atoms with Gasteiger partial charge in [0.05, 0.1) is 0 Å². The highest BCUT2D eigenvalue weighted by molar-refractivity contribution is 9.10. The van der Waals surface area contributed by atoms with Crippen LogP contribution in [0, 0.1) is 0 Å². The van der Waals surface area contributed by atoms with Crippen LogP contribution in [0.25, 0.3) is 0 Å². The van der Waals surface area contributed by atoms with E-state index in [-0.39, 0.29) is 0 Å². The van der Waals surface area contributed by atoms with E-state index in [1.54, 1.807) is 0 Å². The fourth-order valence-corrected chi connectivity index (χ4v) is 2.85. The minimum atomic E-state index is 1.19. The van der Waals surface area contributed by atoms with E-state index in [9.17, 15) is 0 Å². The quantitative estimate of drug-likeness (QED) is 0.314. The second-order valence-electron chi connectivity index (χ2n) is 5.25. The van der Waals surface area contributed by atoms with Crippen LogP contribution in [0.5, 0.6) is 0 Å². The Labute approximate surface area is 127 Å². The number of unbranched alkanes of at least 4 members (excludes halogenated alkanes) is 8. The van der Waals surface area contributed by atoms with E-state index in [0.717, 1.165) is 0 Å². The molecule has 0 spiro atoms. The zero-order valence-electron chi connectivity index (χ0n) is 12.0. The van der Waals surface area contributed by atoms with Crippen molar-refractivity contribution in [2.75, 3.05) is 0 Å². The first-order valence-corrected chi connectivity index (χ1v) is 8.48. The zero-order valence-corrected chi connectivity index (χ0v) is 13.6. The Morgan fingerprint density at radius 2 is 1.42 bits per heavy atom. The normalized spacial score (nSPS) is 10.6. The van der Waals surface area contributed by atoms with Crippen molar-refractivity contribution in [3.05, 3.63) is 47.0 Å². The molecule has 1 aromatic rings. The highest BCUT2D eigenvalue weighted by Crippen LogP contribution is 2.19. The molecule has 0 unspecified atom stereocenters. The summed E-state index contributed by atoms with van der Waals surface area (Å²) in [6.45, 7) is 3.76. The minimum Gasteiger partial charge on any atom is -0.103 e. The second-order valence-corrected chi connectivity index (χ2v) is 6.10. The van der Waals surface area contributed by atoms with Crippen molar-refractivity contribution in [1.29, 1.82) is 0 Å². The molecule has 0 N–H and O–H groups in total. The average molecular weight is 323 g/mol. The van der Waals surface area contributed by atoms with Gasteiger partial charge >= 0.3 is 0 Å². The van der Waals surface area contributed by atoms with Gasteiger partial charge in [0.1, 0.15) is 0 Å². The highest BCUT2D eigenvalue weighted by atomic mass is 79.9. The molecule has 0 nitrogen and oxygen atoms in total. The molecule has 0 aliphatic heterocycles. The molecule has 106 valence electrons. The monoisotopic (exact) mass is 322 g/mol. The Morgan fingerprint density at radius 1 is 0.842 bits per heavy atom. The Kier molecular flexibility index (Phi) is 9.79. The van der Waals surface area contributed by atoms with Crippen molar-refractivity contribution in [1.82, 2.24) is 0 Å². The summed E-state index contributed by atoms with van der Waals surface area (Å²) in [6.07, 6.45) is 15.4. The molecule has 1 aromatic carbocycles. The summed E-state index contributed by atoms with van der Waals surface area (Å²) in [5, 5.41) is 0. The largest absolute Gasteiger partial charge is 0.103 e. The topological polar surface area (TPSA) is 0 Å². The smallest absolute Gasteiger partial charge is 0.0207 e. The Bertz CT molecular complexity index is 343. The molecule has 0 heterocycles. The molecular weight excluding hydrogens is 296 g/mol. The van der Waals surface area contributed by atoms with Crippen LogP contribution in [0.15, 0.2) is 41.4 Å². The predicted octanol–water partition coefficient (Wildman–Crippen LogP) is 6.69. The van der Waals surface area contributed by atoms with Gasteiger partial charge < -0.3 is 0 Å². The molecular formula is C18H27Br. The molecule has 0 saturated carbocycles. The van der Waals surface area contributed by atoms with Gasteiger partial charge in [-0.3, -0.25) is 0 Å². The second kappa shape index (κ2) is 11.3. The summed E-state index contributed by atoms with van der Waals surface area (Å²) >= 11 is 3.61. The van der Waals surface area contributed by atoms with E-state index >= 15 is 0 Å². The molecule has 1 heteroatoms. The van der Waals surface area contributed by atoms with E-state index in [0.29, 0.717) is 0 Å². The Morgan fingerprint density at radius 3 is 2.05 bits per heavy atom. The third kappa shape index (κ3) is 8.26. The molecule has 0 aliphatic rings. The molecule has 19 heavy (non-hydrogen) atoms. The van der Waals surface area contributed by atoms with E-state index in [2.05, 4.69) is 46.8 Å². The highest BCUT2D eigenvalue weighted by Gasteiger charge is 1.98. The van der Waals surface area contributed by atoms with Crippen molar-refractivity contribution in [2.24, 2.45) is 0 Å². The van der Waals surface area contributed by atoms with Crippen molar-refractivity contribution in [3.63, 3.8) is 0 Å². The lowest BCUT2D eigenvalue weighted by molar-refractivity contribution is 0.569. The van der Waals surface area contributed by atoms with Crippen molar-refractivity contribution >= 4 is 15.9 Å². The number of benzene rings is 1. The summed E-state index contributed by atoms with van der Waals surface area (Å²) < 4.78 is 1.26. The van der Waals surface area contributed by atoms with Crippen LogP contribution in [0.3, 0.4) is 0 Å². The number of rotatable bonds is 11. The van der Waals surface area contributed by atoms with Gasteiger partial charge in [-0.1, -0.05) is 78.7 Å². The molecule has 0 aromatic heterocycles. The van der Waals surface area contributed by atoms with Gasteiger partial charge in [0.25, 0.3) is 0 Å². The summed E-state index contributed by atoms with van der Waals surface area (Å²) in [7, 11) is 0. The Balaban J connectivity index is 1.91. The first kappa shape index (κ1) is 16.5. The number of allylic oxidation sites excluding steroid dienone is 1. The van der Waals surface area contributed by atoms with Gasteiger partial charge in [-0.2, -0.15) is 0 Å². The molecule has 0 fully saturated rings. The van der Waals surface area contributed by atoms with E-state index in [4.69, 9.17) is 0 Å². The number of aryl methyl sites for hydroxylation is 1. The maximum Gasteiger partial charge on any atom is 0.0207 e.